The third-order valence-electron chi connectivity index (χ3n) is 6.54. The Kier molecular flexibility index (Phi) is 73.2. The number of phenolic OH excluding ortho intramolecular Hbond substituents is 4. The molecule has 0 heterocycles. The molecule has 8 nitrogen and oxygen atoms in total. The van der Waals surface area contributed by atoms with Gasteiger partial charge in [-0.1, -0.05) is 141 Å². The summed E-state index contributed by atoms with van der Waals surface area (Å²) in [5.41, 5.74) is 12.5. The van der Waals surface area contributed by atoms with Gasteiger partial charge in [-0.25, -0.2) is 0 Å². The number of ether oxygens (including phenoxy) is 2. The van der Waals surface area contributed by atoms with E-state index < -0.39 is 0 Å². The van der Waals surface area contributed by atoms with E-state index in [4.69, 9.17) is 10.2 Å². The second-order valence-corrected chi connectivity index (χ2v) is 11.8. The number of rotatable bonds is 0. The van der Waals surface area contributed by atoms with Gasteiger partial charge in [0.2, 0.25) is 0 Å². The van der Waals surface area contributed by atoms with Crippen LogP contribution in [0.15, 0.2) is 48.5 Å². The van der Waals surface area contributed by atoms with E-state index in [9.17, 15) is 20.4 Å². The largest absolute Gasteiger partial charge is 0.507 e. The highest BCUT2D eigenvalue weighted by molar-refractivity contribution is 5.43. The van der Waals surface area contributed by atoms with E-state index in [1.54, 1.807) is 28.4 Å². The van der Waals surface area contributed by atoms with Crippen LogP contribution in [0.2, 0.25) is 0 Å². The molecule has 4 rings (SSSR count). The first-order valence-electron chi connectivity index (χ1n) is 20.0. The van der Waals surface area contributed by atoms with Gasteiger partial charge in [0.05, 0.1) is 0 Å². The first-order chi connectivity index (χ1) is 27.3. The van der Waals surface area contributed by atoms with Crippen LogP contribution in [0.1, 0.15) is 137 Å². The molecule has 0 aliphatic carbocycles. The molecule has 0 radical (unpaired) electrons. The van der Waals surface area contributed by atoms with Gasteiger partial charge in [0.1, 0.15) is 23.0 Å². The number of aliphatic hydroxyl groups excluding tert-OH is 2. The summed E-state index contributed by atoms with van der Waals surface area (Å²) in [5.74, 6) is 1.69. The van der Waals surface area contributed by atoms with Crippen molar-refractivity contribution in [3.05, 3.63) is 115 Å². The van der Waals surface area contributed by atoms with E-state index >= 15 is 0 Å². The summed E-state index contributed by atoms with van der Waals surface area (Å²) in [7, 11) is 8.50. The third kappa shape index (κ3) is 42.1. The topological polar surface area (TPSA) is 140 Å². The summed E-state index contributed by atoms with van der Waals surface area (Å²) >= 11 is 0. The van der Waals surface area contributed by atoms with E-state index in [0.717, 1.165) is 58.7 Å². The van der Waals surface area contributed by atoms with Crippen LogP contribution < -0.4 is 0 Å². The molecular formula is C52H100O8. The number of aryl methyl sites for hydroxylation is 12. The second kappa shape index (κ2) is 54.9. The van der Waals surface area contributed by atoms with Gasteiger partial charge in [0.15, 0.2) is 0 Å². The van der Waals surface area contributed by atoms with Crippen molar-refractivity contribution < 1.29 is 40.1 Å². The molecule has 0 aliphatic rings. The molecule has 0 saturated heterocycles. The van der Waals surface area contributed by atoms with Crippen LogP contribution in [0.3, 0.4) is 0 Å². The fraction of sp³-hybridized carbons (Fsp3) is 0.538. The number of phenols is 4. The Morgan fingerprint density at radius 3 is 0.400 bits per heavy atom. The van der Waals surface area contributed by atoms with E-state index in [-0.39, 0.29) is 14.9 Å². The highest BCUT2D eigenvalue weighted by Gasteiger charge is 2.01. The molecule has 0 aromatic heterocycles. The Labute approximate surface area is 373 Å². The highest BCUT2D eigenvalue weighted by Crippen LogP contribution is 2.24. The zero-order chi connectivity index (χ0) is 48.3. The van der Waals surface area contributed by atoms with Gasteiger partial charge >= 0.3 is 0 Å². The number of hydrogen-bond acceptors (Lipinski definition) is 8. The monoisotopic (exact) mass is 853 g/mol. The average molecular weight is 853 g/mol. The molecule has 6 N–H and O–H groups in total. The van der Waals surface area contributed by atoms with E-state index in [1.807, 2.05) is 187 Å². The van der Waals surface area contributed by atoms with Crippen LogP contribution in [-0.2, 0) is 9.47 Å². The van der Waals surface area contributed by atoms with Crippen molar-refractivity contribution in [1.29, 1.82) is 0 Å². The SMILES string of the molecule is C.C.CC.CC.CC.CC.CO.CO.COC.COC.Cc1cc(C)c(O)c(C)c1.Cc1cc(C)c(O)c(C)c1.Cc1cc(C)c(O)c(C)c1.Cc1cc(C)c(O)c(C)c1. The molecule has 0 unspecified atom stereocenters. The summed E-state index contributed by atoms with van der Waals surface area (Å²) in [6, 6.07) is 15.8. The Hall–Kier alpha value is -4.08. The smallest absolute Gasteiger partial charge is 0.121 e. The fourth-order valence-corrected chi connectivity index (χ4v) is 4.69. The Morgan fingerprint density at radius 2 is 0.333 bits per heavy atom. The highest BCUT2D eigenvalue weighted by atomic mass is 16.5. The Bertz CT molecular complexity index is 1180. The normalized spacial score (nSPS) is 7.80. The van der Waals surface area contributed by atoms with Crippen molar-refractivity contribution in [2.24, 2.45) is 0 Å². The van der Waals surface area contributed by atoms with E-state index in [1.165, 1.54) is 22.3 Å². The van der Waals surface area contributed by atoms with Gasteiger partial charge in [-0.15, -0.1) is 0 Å². The molecule has 0 bridgehead atoms. The predicted molar refractivity (Wildman–Crippen MR) is 270 cm³/mol. The molecule has 0 amide bonds. The molecule has 0 atom stereocenters. The minimum Gasteiger partial charge on any atom is -0.507 e. The van der Waals surface area contributed by atoms with Gasteiger partial charge in [0.25, 0.3) is 0 Å². The zero-order valence-electron chi connectivity index (χ0n) is 42.1. The van der Waals surface area contributed by atoms with Gasteiger partial charge in [-0.05, 0) is 128 Å². The lowest BCUT2D eigenvalue weighted by atomic mass is 10.1. The lowest BCUT2D eigenvalue weighted by Crippen LogP contribution is -1.81. The number of aliphatic hydroxyl groups is 2. The maximum atomic E-state index is 9.33. The Morgan fingerprint density at radius 1 is 0.267 bits per heavy atom. The second-order valence-electron chi connectivity index (χ2n) is 11.8. The zero-order valence-corrected chi connectivity index (χ0v) is 42.1. The molecule has 356 valence electrons. The standard InChI is InChI=1S/4C9H12O.2C2H6O.4C2H6.2CH4O.2CH4/c4*1-6-4-7(2)9(10)8(3)5-6;2*1-3-2;6*1-2;;/h4*4-5,10H,1-3H3;2*1-2H3;4*1-2H3;2*2H,1H3;2*1H4. The molecule has 0 fully saturated rings. The Balaban J connectivity index is -0.0000000609. The van der Waals surface area contributed by atoms with E-state index in [0.29, 0.717) is 23.0 Å². The van der Waals surface area contributed by atoms with Crippen LogP contribution in [0.25, 0.3) is 0 Å². The summed E-state index contributed by atoms with van der Waals surface area (Å²) in [6.07, 6.45) is 0. The maximum absolute atomic E-state index is 9.33. The van der Waals surface area contributed by atoms with Crippen LogP contribution in [0.4, 0.5) is 0 Å². The van der Waals surface area contributed by atoms with Crippen molar-refractivity contribution in [3.8, 4) is 23.0 Å². The van der Waals surface area contributed by atoms with Gasteiger partial charge < -0.3 is 40.1 Å². The van der Waals surface area contributed by atoms with Crippen molar-refractivity contribution >= 4 is 0 Å². The molecule has 0 aliphatic heterocycles. The average Bonchev–Trinajstić information content (AvgIpc) is 3.20. The molecule has 4 aromatic rings. The van der Waals surface area contributed by atoms with Crippen molar-refractivity contribution in [2.75, 3.05) is 42.7 Å². The van der Waals surface area contributed by atoms with Crippen molar-refractivity contribution in [1.82, 2.24) is 0 Å². The lowest BCUT2D eigenvalue weighted by Gasteiger charge is -2.03. The van der Waals surface area contributed by atoms with Crippen LogP contribution in [0.5, 0.6) is 23.0 Å². The number of hydrogen-bond donors (Lipinski definition) is 6. The fourth-order valence-electron chi connectivity index (χ4n) is 4.69. The molecule has 4 aromatic carbocycles. The third-order valence-corrected chi connectivity index (χ3v) is 6.54. The predicted octanol–water partition coefficient (Wildman–Crippen LogP) is 14.4. The molecule has 8 heteroatoms. The molecular weight excluding hydrogens is 753 g/mol. The van der Waals surface area contributed by atoms with Gasteiger partial charge in [-0.3, -0.25) is 0 Å². The first-order valence-corrected chi connectivity index (χ1v) is 20.0. The van der Waals surface area contributed by atoms with Gasteiger partial charge in [-0.2, -0.15) is 0 Å². The number of benzene rings is 4. The van der Waals surface area contributed by atoms with Crippen molar-refractivity contribution in [2.45, 2.75) is 153 Å². The van der Waals surface area contributed by atoms with Gasteiger partial charge in [0, 0.05) is 42.7 Å². The minimum atomic E-state index is 0. The summed E-state index contributed by atoms with van der Waals surface area (Å²) in [4.78, 5) is 0. The summed E-state index contributed by atoms with van der Waals surface area (Å²) in [5, 5.41) is 51.3. The number of aromatic hydroxyl groups is 4. The summed E-state index contributed by atoms with van der Waals surface area (Å²) < 4.78 is 8.50. The molecule has 60 heavy (non-hydrogen) atoms. The van der Waals surface area contributed by atoms with Crippen molar-refractivity contribution in [3.63, 3.8) is 0 Å². The number of methoxy groups -OCH3 is 2. The first kappa shape index (κ1) is 80.0. The van der Waals surface area contributed by atoms with Crippen LogP contribution >= 0.6 is 0 Å². The lowest BCUT2D eigenvalue weighted by molar-refractivity contribution is 0.277. The quantitative estimate of drug-likeness (QED) is 0.103. The molecule has 0 spiro atoms. The maximum Gasteiger partial charge on any atom is 0.121 e. The minimum absolute atomic E-state index is 0. The summed E-state index contributed by atoms with van der Waals surface area (Å²) in [6.45, 7) is 39.4. The van der Waals surface area contributed by atoms with Crippen LogP contribution in [-0.4, -0.2) is 73.3 Å². The van der Waals surface area contributed by atoms with E-state index in [2.05, 4.69) is 9.47 Å². The van der Waals surface area contributed by atoms with Crippen LogP contribution in [0, 0.1) is 83.1 Å². The molecule has 0 saturated carbocycles.